The molecule has 0 saturated carbocycles. The Morgan fingerprint density at radius 2 is 2.14 bits per heavy atom. The number of benzene rings is 1. The lowest BCUT2D eigenvalue weighted by Gasteiger charge is -2.12. The van der Waals surface area contributed by atoms with Gasteiger partial charge >= 0.3 is 0 Å². The molecular formula is C14H15Cl2N3OS. The van der Waals surface area contributed by atoms with Gasteiger partial charge in [-0.25, -0.2) is 0 Å². The number of hydrogen-bond acceptors (Lipinski definition) is 3. The van der Waals surface area contributed by atoms with Gasteiger partial charge < -0.3 is 10.5 Å². The van der Waals surface area contributed by atoms with Gasteiger partial charge in [0, 0.05) is 7.05 Å². The highest BCUT2D eigenvalue weighted by atomic mass is 35.5. The van der Waals surface area contributed by atoms with Gasteiger partial charge in [-0.15, -0.1) is 0 Å². The molecule has 1 aromatic heterocycles. The zero-order valence-corrected chi connectivity index (χ0v) is 14.0. The summed E-state index contributed by atoms with van der Waals surface area (Å²) in [6.45, 7) is 2.26. The first kappa shape index (κ1) is 16.1. The van der Waals surface area contributed by atoms with Crippen molar-refractivity contribution in [3.8, 4) is 5.75 Å². The molecule has 0 fully saturated rings. The van der Waals surface area contributed by atoms with Crippen molar-refractivity contribution in [2.45, 2.75) is 20.0 Å². The maximum atomic E-state index is 6.29. The molecule has 1 aromatic carbocycles. The van der Waals surface area contributed by atoms with Gasteiger partial charge in [-0.05, 0) is 18.6 Å². The molecule has 2 N–H and O–H groups in total. The van der Waals surface area contributed by atoms with Gasteiger partial charge in [0.25, 0.3) is 0 Å². The Morgan fingerprint density at radius 3 is 2.71 bits per heavy atom. The van der Waals surface area contributed by atoms with Crippen LogP contribution in [0.2, 0.25) is 10.0 Å². The third kappa shape index (κ3) is 3.31. The average Bonchev–Trinajstić information content (AvgIpc) is 2.70. The summed E-state index contributed by atoms with van der Waals surface area (Å²) < 4.78 is 7.50. The van der Waals surface area contributed by atoms with Crippen molar-refractivity contribution in [1.82, 2.24) is 9.78 Å². The second-order valence-corrected chi connectivity index (χ2v) is 5.68. The van der Waals surface area contributed by atoms with E-state index in [2.05, 4.69) is 5.10 Å². The fraction of sp³-hybridized carbons (Fsp3) is 0.286. The Balaban J connectivity index is 2.27. The molecule has 0 radical (unpaired) electrons. The van der Waals surface area contributed by atoms with Crippen LogP contribution in [0.15, 0.2) is 18.2 Å². The van der Waals surface area contributed by atoms with Crippen molar-refractivity contribution >= 4 is 40.4 Å². The number of hydrogen-bond donors (Lipinski definition) is 1. The number of rotatable bonds is 5. The summed E-state index contributed by atoms with van der Waals surface area (Å²) >= 11 is 17.4. The fourth-order valence-corrected chi connectivity index (χ4v) is 2.87. The van der Waals surface area contributed by atoms with Crippen LogP contribution in [0.5, 0.6) is 5.75 Å². The summed E-state index contributed by atoms with van der Waals surface area (Å²) in [4.78, 5) is 0.195. The van der Waals surface area contributed by atoms with Gasteiger partial charge in [-0.2, -0.15) is 5.10 Å². The van der Waals surface area contributed by atoms with Gasteiger partial charge in [0.2, 0.25) is 0 Å². The predicted octanol–water partition coefficient (Wildman–Crippen LogP) is 3.50. The van der Waals surface area contributed by atoms with E-state index < -0.39 is 0 Å². The Morgan fingerprint density at radius 1 is 1.43 bits per heavy atom. The number of ether oxygens (including phenoxy) is 1. The minimum Gasteiger partial charge on any atom is -0.486 e. The molecule has 0 atom stereocenters. The van der Waals surface area contributed by atoms with Gasteiger partial charge in [-0.1, -0.05) is 48.4 Å². The van der Waals surface area contributed by atoms with Gasteiger partial charge in [-0.3, -0.25) is 4.68 Å². The van der Waals surface area contributed by atoms with E-state index in [-0.39, 0.29) is 11.6 Å². The molecule has 0 bridgehead atoms. The van der Waals surface area contributed by atoms with Crippen molar-refractivity contribution < 1.29 is 4.74 Å². The molecule has 2 aromatic rings. The van der Waals surface area contributed by atoms with Crippen LogP contribution in [0.1, 0.15) is 23.9 Å². The molecule has 112 valence electrons. The predicted molar refractivity (Wildman–Crippen MR) is 89.3 cm³/mol. The average molecular weight is 344 g/mol. The second-order valence-electron chi connectivity index (χ2n) is 4.45. The first-order valence-electron chi connectivity index (χ1n) is 6.37. The molecule has 7 heteroatoms. The van der Waals surface area contributed by atoms with E-state index in [1.54, 1.807) is 22.9 Å². The van der Waals surface area contributed by atoms with Crippen molar-refractivity contribution in [3.63, 3.8) is 0 Å². The monoisotopic (exact) mass is 343 g/mol. The van der Waals surface area contributed by atoms with E-state index in [1.807, 2.05) is 14.0 Å². The second kappa shape index (κ2) is 6.64. The molecule has 0 amide bonds. The number of aryl methyl sites for hydroxylation is 2. The zero-order valence-electron chi connectivity index (χ0n) is 11.7. The van der Waals surface area contributed by atoms with Crippen molar-refractivity contribution in [2.75, 3.05) is 0 Å². The van der Waals surface area contributed by atoms with E-state index in [0.29, 0.717) is 21.4 Å². The van der Waals surface area contributed by atoms with E-state index in [4.69, 9.17) is 45.9 Å². The molecule has 0 spiro atoms. The van der Waals surface area contributed by atoms with Crippen molar-refractivity contribution in [1.29, 1.82) is 0 Å². The van der Waals surface area contributed by atoms with Crippen LogP contribution in [0.4, 0.5) is 0 Å². The number of halogens is 2. The largest absolute Gasteiger partial charge is 0.486 e. The van der Waals surface area contributed by atoms with E-state index in [0.717, 1.165) is 17.8 Å². The summed E-state index contributed by atoms with van der Waals surface area (Å²) in [7, 11) is 1.83. The number of aromatic nitrogens is 2. The highest BCUT2D eigenvalue weighted by Crippen LogP contribution is 2.28. The minimum atomic E-state index is 0.195. The summed E-state index contributed by atoms with van der Waals surface area (Å²) in [5.74, 6) is 0.533. The highest BCUT2D eigenvalue weighted by Gasteiger charge is 2.16. The smallest absolute Gasteiger partial charge is 0.131 e. The molecule has 0 unspecified atom stereocenters. The number of thiocarbonyl (C=S) groups is 1. The number of nitrogens with zero attached hydrogens (tertiary/aromatic N) is 2. The van der Waals surface area contributed by atoms with Crippen LogP contribution in [0.3, 0.4) is 0 Å². The van der Waals surface area contributed by atoms with Crippen LogP contribution in [0.25, 0.3) is 0 Å². The van der Waals surface area contributed by atoms with E-state index >= 15 is 0 Å². The summed E-state index contributed by atoms with van der Waals surface area (Å²) in [6.07, 6.45) is 0.766. The van der Waals surface area contributed by atoms with Crippen molar-refractivity contribution in [2.24, 2.45) is 12.8 Å². The Labute approximate surface area is 138 Å². The lowest BCUT2D eigenvalue weighted by atomic mass is 10.2. The van der Waals surface area contributed by atoms with Gasteiger partial charge in [0.15, 0.2) is 0 Å². The van der Waals surface area contributed by atoms with Gasteiger partial charge in [0.05, 0.1) is 27.0 Å². The van der Waals surface area contributed by atoms with Crippen LogP contribution in [0, 0.1) is 0 Å². The standard InChI is InChI=1S/C14H15Cl2N3OS/c1-3-9-13(16)10(19(2)18-9)7-20-11-6-4-5-8(15)12(11)14(17)21/h4-6H,3,7H2,1-2H3,(H2,17,21). The Kier molecular flexibility index (Phi) is 5.08. The number of nitrogens with two attached hydrogens (primary N) is 1. The maximum absolute atomic E-state index is 6.29. The van der Waals surface area contributed by atoms with Crippen molar-refractivity contribution in [3.05, 3.63) is 45.2 Å². The first-order chi connectivity index (χ1) is 9.95. The topological polar surface area (TPSA) is 53.1 Å². The third-order valence-corrected chi connectivity index (χ3v) is 4.04. The normalized spacial score (nSPS) is 10.7. The molecule has 1 heterocycles. The van der Waals surface area contributed by atoms with Gasteiger partial charge in [0.1, 0.15) is 17.3 Å². The molecule has 0 saturated heterocycles. The Bertz CT molecular complexity index is 685. The molecule has 0 aliphatic heterocycles. The molecule has 21 heavy (non-hydrogen) atoms. The lowest BCUT2D eigenvalue weighted by Crippen LogP contribution is -2.13. The SMILES string of the molecule is CCc1nn(C)c(COc2cccc(Cl)c2C(N)=S)c1Cl. The third-order valence-electron chi connectivity index (χ3n) is 3.09. The fourth-order valence-electron chi connectivity index (χ4n) is 1.99. The van der Waals surface area contributed by atoms with Crippen LogP contribution in [-0.2, 0) is 20.1 Å². The van der Waals surface area contributed by atoms with E-state index in [1.165, 1.54) is 0 Å². The molecule has 2 rings (SSSR count). The van der Waals surface area contributed by atoms with Crippen LogP contribution >= 0.6 is 35.4 Å². The first-order valence-corrected chi connectivity index (χ1v) is 7.53. The zero-order chi connectivity index (χ0) is 15.6. The maximum Gasteiger partial charge on any atom is 0.131 e. The quantitative estimate of drug-likeness (QED) is 0.844. The van der Waals surface area contributed by atoms with Crippen LogP contribution in [-0.4, -0.2) is 14.8 Å². The highest BCUT2D eigenvalue weighted by molar-refractivity contribution is 7.80. The summed E-state index contributed by atoms with van der Waals surface area (Å²) in [5, 5.41) is 5.43. The summed E-state index contributed by atoms with van der Waals surface area (Å²) in [6, 6.07) is 5.27. The molecule has 4 nitrogen and oxygen atoms in total. The minimum absolute atomic E-state index is 0.195. The molecule has 0 aliphatic rings. The van der Waals surface area contributed by atoms with Crippen LogP contribution < -0.4 is 10.5 Å². The molecular weight excluding hydrogens is 329 g/mol. The molecule has 0 aliphatic carbocycles. The Hall–Kier alpha value is -1.30. The van der Waals surface area contributed by atoms with E-state index in [9.17, 15) is 0 Å². The lowest BCUT2D eigenvalue weighted by molar-refractivity contribution is 0.294. The summed E-state index contributed by atoms with van der Waals surface area (Å²) in [5.41, 5.74) is 7.86.